The quantitative estimate of drug-likeness (QED) is 0.155. The number of para-hydroxylation sites is 4. The molecule has 11 aromatic rings. The fraction of sp³-hybridized carbons (Fsp3) is 0.0667. The number of furan rings is 1. The third kappa shape index (κ3) is 5.98. The average Bonchev–Trinajstić information content (AvgIpc) is 3.97. The van der Waals surface area contributed by atoms with Crippen LogP contribution < -0.4 is 30.4 Å². The van der Waals surface area contributed by atoms with Gasteiger partial charge in [-0.25, -0.2) is 0 Å². The maximum atomic E-state index is 8.98. The number of hydrogen-bond donors (Lipinski definition) is 0. The van der Waals surface area contributed by atoms with Crippen LogP contribution in [0.4, 0.5) is 51.2 Å². The van der Waals surface area contributed by atoms with Gasteiger partial charge in [0, 0.05) is 65.4 Å². The number of thiophene rings is 1. The van der Waals surface area contributed by atoms with Crippen molar-refractivity contribution in [2.45, 2.75) is 26.2 Å². The van der Waals surface area contributed by atoms with Gasteiger partial charge in [0.1, 0.15) is 5.58 Å². The van der Waals surface area contributed by atoms with Crippen molar-refractivity contribution in [3.63, 3.8) is 0 Å². The molecule has 0 N–H and O–H groups in total. The molecule has 4 nitrogen and oxygen atoms in total. The van der Waals surface area contributed by atoms with Gasteiger partial charge in [-0.1, -0.05) is 148 Å². The van der Waals surface area contributed by atoms with Crippen molar-refractivity contribution in [1.29, 1.82) is 0 Å². The Hall–Kier alpha value is -7.80. The van der Waals surface area contributed by atoms with E-state index in [2.05, 4.69) is 181 Å². The van der Waals surface area contributed by atoms with Crippen molar-refractivity contribution in [3.05, 3.63) is 218 Å². The molecular formula is C60H44BN3OS. The van der Waals surface area contributed by atoms with E-state index in [4.69, 9.17) is 11.3 Å². The van der Waals surface area contributed by atoms with E-state index in [0.29, 0.717) is 5.56 Å². The van der Waals surface area contributed by atoms with Crippen molar-refractivity contribution in [2.75, 3.05) is 14.7 Å². The van der Waals surface area contributed by atoms with E-state index in [9.17, 15) is 0 Å². The van der Waals surface area contributed by atoms with Gasteiger partial charge in [-0.3, -0.25) is 0 Å². The van der Waals surface area contributed by atoms with Crippen LogP contribution in [0.5, 0.6) is 0 Å². The molecule has 314 valence electrons. The SMILES string of the molecule is [2H]c1c([2H])c([2H])c(-c2ccc3sc4c(c3c2)N(c2ccc(C(C)(C)C)cc2)c2cccc3c2B4c2ccc(N(c4ccccc4)c4ccccc4)cc2N3c2cccc3c2oc2ccccc23)c([2H])c1[2H]. The lowest BCUT2D eigenvalue weighted by molar-refractivity contribution is 0.590. The summed E-state index contributed by atoms with van der Waals surface area (Å²) >= 11 is 1.75. The van der Waals surface area contributed by atoms with Crippen LogP contribution in [0, 0.1) is 0 Å². The lowest BCUT2D eigenvalue weighted by atomic mass is 9.36. The first-order chi connectivity index (χ1) is 34.5. The van der Waals surface area contributed by atoms with Crippen LogP contribution in [0.25, 0.3) is 43.2 Å². The maximum Gasteiger partial charge on any atom is 0.264 e. The molecular weight excluding hydrogens is 822 g/mol. The minimum atomic E-state index is -0.407. The van der Waals surface area contributed by atoms with Crippen LogP contribution in [0.3, 0.4) is 0 Å². The predicted octanol–water partition coefficient (Wildman–Crippen LogP) is 15.3. The predicted molar refractivity (Wildman–Crippen MR) is 282 cm³/mol. The number of benzene rings is 9. The zero-order valence-electron chi connectivity index (χ0n) is 41.6. The van der Waals surface area contributed by atoms with Gasteiger partial charge in [-0.2, -0.15) is 0 Å². The minimum Gasteiger partial charge on any atom is -0.454 e. The summed E-state index contributed by atoms with van der Waals surface area (Å²) in [7, 11) is 0. The van der Waals surface area contributed by atoms with E-state index < -0.39 is 6.04 Å². The first-order valence-electron chi connectivity index (χ1n) is 24.9. The van der Waals surface area contributed by atoms with Crippen LogP contribution in [0.15, 0.2) is 217 Å². The molecule has 2 aromatic heterocycles. The summed E-state index contributed by atoms with van der Waals surface area (Å²) in [4.78, 5) is 7.09. The summed E-state index contributed by atoms with van der Waals surface area (Å²) in [5.74, 6) is 0. The highest BCUT2D eigenvalue weighted by molar-refractivity contribution is 7.33. The highest BCUT2D eigenvalue weighted by Crippen LogP contribution is 2.51. The number of nitrogens with zero attached hydrogens (tertiary/aromatic N) is 3. The number of rotatable bonds is 6. The van der Waals surface area contributed by atoms with Crippen molar-refractivity contribution >= 4 is 117 Å². The van der Waals surface area contributed by atoms with E-state index in [1.54, 1.807) is 11.3 Å². The molecule has 13 rings (SSSR count). The zero-order valence-corrected chi connectivity index (χ0v) is 37.4. The van der Waals surface area contributed by atoms with Gasteiger partial charge in [0.15, 0.2) is 5.58 Å². The molecule has 0 saturated heterocycles. The van der Waals surface area contributed by atoms with Gasteiger partial charge in [0.2, 0.25) is 0 Å². The molecule has 0 aliphatic carbocycles. The Labute approximate surface area is 396 Å². The van der Waals surface area contributed by atoms with Gasteiger partial charge in [0.05, 0.1) is 18.2 Å². The van der Waals surface area contributed by atoms with Crippen molar-refractivity contribution in [2.24, 2.45) is 0 Å². The first-order valence-corrected chi connectivity index (χ1v) is 23.2. The van der Waals surface area contributed by atoms with Crippen molar-refractivity contribution in [1.82, 2.24) is 0 Å². The molecule has 9 aromatic carbocycles. The number of hydrogen-bond acceptors (Lipinski definition) is 5. The monoisotopic (exact) mass is 870 g/mol. The molecule has 6 heteroatoms. The Bertz CT molecular complexity index is 3900. The van der Waals surface area contributed by atoms with Crippen molar-refractivity contribution < 1.29 is 11.3 Å². The standard InChI is InChI=1S/C60H44BN3OS/c1-60(2,3)41-30-32-44(33-31-41)63-50-25-16-26-51-56(50)61(59-57(63)48-37-40(29-36-55(48)66-59)39-17-7-4-8-18-39)49-35-34-45(62(42-19-9-5-10-20-42)43-21-11-6-12-22-43)38-53(49)64(51)52-27-15-24-47-46-23-13-14-28-54(46)65-58(47)52/h4-38H,1-3H3/i4D,7D,8D,17D,18D. The second-order valence-corrected chi connectivity index (χ2v) is 19.2. The maximum absolute atomic E-state index is 8.98. The molecule has 0 fully saturated rings. The molecule has 0 radical (unpaired) electrons. The van der Waals surface area contributed by atoms with Crippen molar-refractivity contribution in [3.8, 4) is 11.1 Å². The van der Waals surface area contributed by atoms with Crippen LogP contribution >= 0.6 is 11.3 Å². The second-order valence-electron chi connectivity index (χ2n) is 18.1. The molecule has 2 aliphatic heterocycles. The number of anilines is 9. The van der Waals surface area contributed by atoms with E-state index in [1.165, 1.54) is 5.56 Å². The van der Waals surface area contributed by atoms with Gasteiger partial charge in [0.25, 0.3) is 6.71 Å². The summed E-state index contributed by atoms with van der Waals surface area (Å²) < 4.78 is 52.5. The molecule has 4 heterocycles. The topological polar surface area (TPSA) is 22.9 Å². The van der Waals surface area contributed by atoms with Crippen LogP contribution in [-0.2, 0) is 5.41 Å². The molecule has 0 saturated carbocycles. The second kappa shape index (κ2) is 14.9. The fourth-order valence-electron chi connectivity index (χ4n) is 10.2. The molecule has 0 amide bonds. The summed E-state index contributed by atoms with van der Waals surface area (Å²) in [5.41, 5.74) is 14.9. The Balaban J connectivity index is 1.12. The van der Waals surface area contributed by atoms with Crippen LogP contribution in [0.1, 0.15) is 33.2 Å². The smallest absolute Gasteiger partial charge is 0.264 e. The minimum absolute atomic E-state index is 0.0617. The van der Waals surface area contributed by atoms with Gasteiger partial charge in [-0.15, -0.1) is 11.3 Å². The van der Waals surface area contributed by atoms with Gasteiger partial charge < -0.3 is 19.1 Å². The van der Waals surface area contributed by atoms with Gasteiger partial charge >= 0.3 is 0 Å². The normalized spacial score (nSPS) is 14.0. The Morgan fingerprint density at radius 3 is 1.95 bits per heavy atom. The Kier molecular flexibility index (Phi) is 7.59. The zero-order chi connectivity index (χ0) is 48.4. The Morgan fingerprint density at radius 2 is 1.21 bits per heavy atom. The van der Waals surface area contributed by atoms with E-state index in [-0.39, 0.29) is 41.9 Å². The summed E-state index contributed by atoms with van der Waals surface area (Å²) in [5, 5.41) is 3.04. The third-order valence-corrected chi connectivity index (χ3v) is 14.5. The fourth-order valence-corrected chi connectivity index (χ4v) is 11.5. The first kappa shape index (κ1) is 33.7. The van der Waals surface area contributed by atoms with E-state index in [1.807, 2.05) is 36.4 Å². The molecule has 0 spiro atoms. The lowest BCUT2D eigenvalue weighted by Gasteiger charge is -2.43. The molecule has 0 bridgehead atoms. The largest absolute Gasteiger partial charge is 0.454 e. The van der Waals surface area contributed by atoms with Gasteiger partial charge in [-0.05, 0) is 118 Å². The van der Waals surface area contributed by atoms with E-state index in [0.717, 1.165) is 98.9 Å². The summed E-state index contributed by atoms with van der Waals surface area (Å²) in [6, 6.07) is 62.5. The summed E-state index contributed by atoms with van der Waals surface area (Å²) in [6.45, 7) is 6.47. The van der Waals surface area contributed by atoms with E-state index >= 15 is 0 Å². The molecule has 2 aliphatic rings. The molecule has 66 heavy (non-hydrogen) atoms. The summed E-state index contributed by atoms with van der Waals surface area (Å²) in [6.07, 6.45) is 0. The van der Waals surface area contributed by atoms with Crippen LogP contribution in [-0.4, -0.2) is 6.71 Å². The Morgan fingerprint density at radius 1 is 0.545 bits per heavy atom. The molecule has 0 unspecified atom stereocenters. The molecule has 0 atom stereocenters. The lowest BCUT2D eigenvalue weighted by Crippen LogP contribution is -2.60. The highest BCUT2D eigenvalue weighted by atomic mass is 32.1. The average molecular weight is 871 g/mol. The van der Waals surface area contributed by atoms with Crippen LogP contribution in [0.2, 0.25) is 0 Å². The number of fused-ring (bicyclic) bond motifs is 9. The highest BCUT2D eigenvalue weighted by Gasteiger charge is 2.45. The third-order valence-electron chi connectivity index (χ3n) is 13.3.